The third-order valence-corrected chi connectivity index (χ3v) is 11.0. The van der Waals surface area contributed by atoms with Gasteiger partial charge in [0.25, 0.3) is 0 Å². The predicted octanol–water partition coefficient (Wildman–Crippen LogP) is 12.1. The normalized spacial score (nSPS) is 15.7. The van der Waals surface area contributed by atoms with Gasteiger partial charge in [0.05, 0.1) is 40.0 Å². The average Bonchev–Trinajstić information content (AvgIpc) is 3.75. The molecule has 4 nitrogen and oxygen atoms in total. The van der Waals surface area contributed by atoms with Crippen LogP contribution in [0.3, 0.4) is 0 Å². The summed E-state index contributed by atoms with van der Waals surface area (Å²) in [4.78, 5) is 2.34. The van der Waals surface area contributed by atoms with Crippen LogP contribution in [0.2, 0.25) is 0 Å². The van der Waals surface area contributed by atoms with Crippen molar-refractivity contribution < 1.29 is 0 Å². The maximum atomic E-state index is 10.8. The monoisotopic (exact) mass is 688 g/mol. The van der Waals surface area contributed by atoms with E-state index in [1.807, 2.05) is 24.3 Å². The molecule has 0 saturated carbocycles. The highest BCUT2D eigenvalue weighted by Gasteiger charge is 2.40. The zero-order valence-electron chi connectivity index (χ0n) is 29.3. The van der Waals surface area contributed by atoms with Crippen LogP contribution >= 0.6 is 0 Å². The second kappa shape index (κ2) is 12.7. The SMILES string of the molecule is N#Cc1cc(C#N)c(N2c3ccc(-c4ccccc4)cc3C3C=C(c4ccccc4)C=CC32)c(-c2ccc3c4ccccc4n(-c4ccccc4)c3c2)c1. The second-order valence-corrected chi connectivity index (χ2v) is 13.9. The first-order chi connectivity index (χ1) is 26.7. The molecule has 2 unspecified atom stereocenters. The third kappa shape index (κ3) is 4.97. The molecule has 0 amide bonds. The van der Waals surface area contributed by atoms with Crippen LogP contribution in [0.25, 0.3) is 55.3 Å². The molecule has 10 rings (SSSR count). The van der Waals surface area contributed by atoms with E-state index in [2.05, 4.69) is 173 Å². The van der Waals surface area contributed by atoms with Crippen molar-refractivity contribution in [1.82, 2.24) is 4.57 Å². The van der Waals surface area contributed by atoms with Crippen molar-refractivity contribution in [2.75, 3.05) is 4.90 Å². The van der Waals surface area contributed by atoms with Crippen molar-refractivity contribution in [3.63, 3.8) is 0 Å². The lowest BCUT2D eigenvalue weighted by Gasteiger charge is -2.32. The number of rotatable bonds is 5. The lowest BCUT2D eigenvalue weighted by atomic mass is 9.85. The largest absolute Gasteiger partial charge is 0.332 e. The number of aromatic nitrogens is 1. The van der Waals surface area contributed by atoms with Crippen molar-refractivity contribution in [1.29, 1.82) is 10.5 Å². The van der Waals surface area contributed by atoms with Gasteiger partial charge in [-0.05, 0) is 81.9 Å². The number of allylic oxidation sites excluding steroid dienone is 2. The molecule has 2 heterocycles. The Kier molecular flexibility index (Phi) is 7.36. The first-order valence-electron chi connectivity index (χ1n) is 18.2. The summed E-state index contributed by atoms with van der Waals surface area (Å²) in [5.41, 5.74) is 13.7. The fourth-order valence-electron chi connectivity index (χ4n) is 8.55. The molecule has 1 aliphatic carbocycles. The minimum atomic E-state index is -0.0863. The number of hydrogen-bond acceptors (Lipinski definition) is 3. The van der Waals surface area contributed by atoms with Crippen LogP contribution in [0.4, 0.5) is 11.4 Å². The summed E-state index contributed by atoms with van der Waals surface area (Å²) >= 11 is 0. The summed E-state index contributed by atoms with van der Waals surface area (Å²) in [5, 5.41) is 23.4. The van der Waals surface area contributed by atoms with E-state index >= 15 is 0 Å². The van der Waals surface area contributed by atoms with Gasteiger partial charge in [-0.3, -0.25) is 0 Å². The van der Waals surface area contributed by atoms with E-state index < -0.39 is 0 Å². The van der Waals surface area contributed by atoms with Gasteiger partial charge >= 0.3 is 0 Å². The van der Waals surface area contributed by atoms with Crippen molar-refractivity contribution in [3.05, 3.63) is 204 Å². The molecule has 252 valence electrons. The van der Waals surface area contributed by atoms with E-state index in [1.165, 1.54) is 22.1 Å². The summed E-state index contributed by atoms with van der Waals surface area (Å²) in [5.74, 6) is 0.0296. The van der Waals surface area contributed by atoms with Gasteiger partial charge in [-0.15, -0.1) is 0 Å². The molecule has 0 spiro atoms. The minimum absolute atomic E-state index is 0.0296. The number of hydrogen-bond donors (Lipinski definition) is 0. The number of benzene rings is 7. The van der Waals surface area contributed by atoms with Gasteiger partial charge in [0.2, 0.25) is 0 Å². The van der Waals surface area contributed by atoms with Crippen LogP contribution in [0.1, 0.15) is 28.2 Å². The highest BCUT2D eigenvalue weighted by molar-refractivity contribution is 6.10. The van der Waals surface area contributed by atoms with Gasteiger partial charge in [-0.1, -0.05) is 133 Å². The molecule has 0 N–H and O–H groups in total. The average molecular weight is 689 g/mol. The first-order valence-corrected chi connectivity index (χ1v) is 18.2. The van der Waals surface area contributed by atoms with Crippen LogP contribution in [0.15, 0.2) is 182 Å². The van der Waals surface area contributed by atoms with Gasteiger partial charge in [0.1, 0.15) is 6.07 Å². The quantitative estimate of drug-likeness (QED) is 0.181. The van der Waals surface area contributed by atoms with E-state index in [9.17, 15) is 10.5 Å². The smallest absolute Gasteiger partial charge is 0.101 e. The number of fused-ring (bicyclic) bond motifs is 6. The zero-order chi connectivity index (χ0) is 36.2. The molecule has 4 heteroatoms. The highest BCUT2D eigenvalue weighted by atomic mass is 15.2. The highest BCUT2D eigenvalue weighted by Crippen LogP contribution is 2.53. The third-order valence-electron chi connectivity index (χ3n) is 11.0. The summed E-state index contributed by atoms with van der Waals surface area (Å²) in [6, 6.07) is 61.6. The standard InChI is InChI=1S/C50H32N4/c51-31-33-26-39(32-52)50(43(27-33)38-20-23-42-41-18-10-11-19-46(41)53(49(42)30-38)40-16-8-3-9-17-40)54-47-24-21-36(34-12-4-1-5-13-34)28-44(47)45-29-37(22-25-48(45)54)35-14-6-2-7-15-35/h1-30,44,47H. The molecule has 8 aromatic rings. The Bertz CT molecular complexity index is 2900. The predicted molar refractivity (Wildman–Crippen MR) is 220 cm³/mol. The Morgan fingerprint density at radius 2 is 1.22 bits per heavy atom. The molecule has 0 bridgehead atoms. The van der Waals surface area contributed by atoms with E-state index in [0.717, 1.165) is 55.7 Å². The molecule has 0 fully saturated rings. The van der Waals surface area contributed by atoms with Crippen LogP contribution in [-0.2, 0) is 0 Å². The lowest BCUT2D eigenvalue weighted by molar-refractivity contribution is 0.747. The Morgan fingerprint density at radius 3 is 1.98 bits per heavy atom. The molecule has 7 aromatic carbocycles. The fraction of sp³-hybridized carbons (Fsp3) is 0.0400. The summed E-state index contributed by atoms with van der Waals surface area (Å²) in [6.07, 6.45) is 6.88. The van der Waals surface area contributed by atoms with Crippen LogP contribution in [-0.4, -0.2) is 10.6 Å². The van der Waals surface area contributed by atoms with Gasteiger partial charge in [0.15, 0.2) is 0 Å². The van der Waals surface area contributed by atoms with Gasteiger partial charge in [-0.25, -0.2) is 0 Å². The molecule has 1 aliphatic heterocycles. The van der Waals surface area contributed by atoms with E-state index in [1.54, 1.807) is 6.07 Å². The van der Waals surface area contributed by atoms with Crippen LogP contribution in [0, 0.1) is 22.7 Å². The Hall–Kier alpha value is -7.40. The Balaban J connectivity index is 1.22. The molecule has 2 aliphatic rings. The first kappa shape index (κ1) is 31.3. The number of nitrogens with zero attached hydrogens (tertiary/aromatic N) is 4. The summed E-state index contributed by atoms with van der Waals surface area (Å²) < 4.78 is 2.30. The number of anilines is 2. The Morgan fingerprint density at radius 1 is 0.537 bits per heavy atom. The molecule has 1 aromatic heterocycles. The summed E-state index contributed by atoms with van der Waals surface area (Å²) in [7, 11) is 0. The fourth-order valence-corrected chi connectivity index (χ4v) is 8.55. The Labute approximate surface area is 314 Å². The van der Waals surface area contributed by atoms with Crippen molar-refractivity contribution in [2.24, 2.45) is 0 Å². The molecule has 0 radical (unpaired) electrons. The molecule has 54 heavy (non-hydrogen) atoms. The minimum Gasteiger partial charge on any atom is -0.332 e. The van der Waals surface area contributed by atoms with E-state index in [-0.39, 0.29) is 12.0 Å². The van der Waals surface area contributed by atoms with Crippen molar-refractivity contribution >= 4 is 38.8 Å². The van der Waals surface area contributed by atoms with E-state index in [0.29, 0.717) is 11.1 Å². The van der Waals surface area contributed by atoms with Crippen LogP contribution in [0.5, 0.6) is 0 Å². The van der Waals surface area contributed by atoms with Crippen molar-refractivity contribution in [3.8, 4) is 40.1 Å². The molecular formula is C50H32N4. The van der Waals surface area contributed by atoms with Gasteiger partial charge in [-0.2, -0.15) is 10.5 Å². The van der Waals surface area contributed by atoms with Gasteiger partial charge in [0, 0.05) is 33.6 Å². The topological polar surface area (TPSA) is 55.8 Å². The lowest BCUT2D eigenvalue weighted by Crippen LogP contribution is -2.30. The number of para-hydroxylation sites is 2. The second-order valence-electron chi connectivity index (χ2n) is 13.9. The zero-order valence-corrected chi connectivity index (χ0v) is 29.3. The molecule has 2 atom stereocenters. The van der Waals surface area contributed by atoms with Gasteiger partial charge < -0.3 is 9.47 Å². The maximum Gasteiger partial charge on any atom is 0.101 e. The molecular weight excluding hydrogens is 657 g/mol. The summed E-state index contributed by atoms with van der Waals surface area (Å²) in [6.45, 7) is 0. The maximum absolute atomic E-state index is 10.8. The van der Waals surface area contributed by atoms with Crippen LogP contribution < -0.4 is 4.90 Å². The molecule has 0 saturated heterocycles. The van der Waals surface area contributed by atoms with Crippen molar-refractivity contribution in [2.45, 2.75) is 12.0 Å². The number of nitriles is 2. The van der Waals surface area contributed by atoms with E-state index in [4.69, 9.17) is 0 Å².